The molecule has 1 aromatic rings. The Hall–Kier alpha value is -3.65. The number of carbonyl (C=O) groups is 4. The summed E-state index contributed by atoms with van der Waals surface area (Å²) >= 11 is 0. The number of alkyl carbamates (subject to hydrolysis) is 1. The van der Waals surface area contributed by atoms with Crippen molar-refractivity contribution in [3.05, 3.63) is 47.8 Å². The van der Waals surface area contributed by atoms with Gasteiger partial charge >= 0.3 is 19.3 Å². The molecule has 3 N–H and O–H groups in total. The second-order valence-electron chi connectivity index (χ2n) is 13.4. The minimum Gasteiger partial charge on any atom is -0.446 e. The molecule has 5 rings (SSSR count). The number of benzene rings is 1. The Kier molecular flexibility index (Phi) is 9.73. The van der Waals surface area contributed by atoms with Crippen LogP contribution in [0.25, 0.3) is 0 Å². The Bertz CT molecular complexity index is 1320. The highest BCUT2D eigenvalue weighted by Gasteiger charge is 2.49. The topological polar surface area (TPSA) is 147 Å². The molecule has 0 unspecified atom stereocenters. The van der Waals surface area contributed by atoms with Gasteiger partial charge in [0.15, 0.2) is 0 Å². The number of fused-ring (bicyclic) bond motifs is 1. The van der Waals surface area contributed by atoms with Crippen molar-refractivity contribution in [2.75, 3.05) is 13.2 Å². The van der Waals surface area contributed by atoms with Crippen LogP contribution in [-0.2, 0) is 36.8 Å². The molecule has 1 saturated carbocycles. The number of carbonyl (C=O) groups excluding carboxylic acids is 4. The van der Waals surface area contributed by atoms with Gasteiger partial charge in [0.05, 0.1) is 19.0 Å². The van der Waals surface area contributed by atoms with E-state index in [-0.39, 0.29) is 44.7 Å². The summed E-state index contributed by atoms with van der Waals surface area (Å²) < 4.78 is 30.9. The van der Waals surface area contributed by atoms with E-state index in [0.717, 1.165) is 25.7 Å². The molecule has 1 aromatic carbocycles. The maximum absolute atomic E-state index is 14.3. The van der Waals surface area contributed by atoms with E-state index in [9.17, 15) is 28.6 Å². The zero-order valence-corrected chi connectivity index (χ0v) is 26.0. The largest absolute Gasteiger partial charge is 0.478 e. The Morgan fingerprint density at radius 1 is 1.16 bits per heavy atom. The van der Waals surface area contributed by atoms with Crippen LogP contribution in [0.4, 0.5) is 14.0 Å². The SMILES string of the molecule is C=C[C@@H]1COB(O)[C@@H]1NC(=O)[C@@H]1C[C@@H](OC(=O)N2Cc3cccc(F)c3C2)CN1C(=O)[C@@H](NC(=O)OC1CCCC1)C(C)(C)C. The second-order valence-corrected chi connectivity index (χ2v) is 13.4. The van der Waals surface area contributed by atoms with Crippen LogP contribution in [-0.4, -0.2) is 89.3 Å². The lowest BCUT2D eigenvalue weighted by atomic mass is 9.75. The fourth-order valence-corrected chi connectivity index (χ4v) is 6.51. The van der Waals surface area contributed by atoms with Crippen LogP contribution < -0.4 is 10.6 Å². The predicted molar refractivity (Wildman–Crippen MR) is 161 cm³/mol. The van der Waals surface area contributed by atoms with Crippen LogP contribution in [0.2, 0.25) is 0 Å². The molecule has 3 fully saturated rings. The summed E-state index contributed by atoms with van der Waals surface area (Å²) in [5.74, 6) is -2.65. The Morgan fingerprint density at radius 2 is 1.89 bits per heavy atom. The van der Waals surface area contributed by atoms with Crippen molar-refractivity contribution in [2.45, 2.75) is 96.2 Å². The van der Waals surface area contributed by atoms with E-state index in [1.165, 1.54) is 15.9 Å². The van der Waals surface area contributed by atoms with Crippen molar-refractivity contribution in [1.29, 1.82) is 0 Å². The third-order valence-electron chi connectivity index (χ3n) is 9.09. The number of ether oxygens (including phenoxy) is 2. The molecule has 3 heterocycles. The van der Waals surface area contributed by atoms with Gasteiger partial charge in [-0.3, -0.25) is 14.5 Å². The summed E-state index contributed by atoms with van der Waals surface area (Å²) in [6.07, 6.45) is 2.54. The maximum atomic E-state index is 14.3. The standard InChI is InChI=1S/C31H42BFN4O8/c1-5-18-17-43-32(42)26(18)35-27(38)24-13-21(45-30(41)36-14-19-9-8-12-23(33)22(19)16-36)15-37(24)28(39)25(31(2,3)4)34-29(40)44-20-10-6-7-11-20/h5,8-9,12,18,20-21,24-26,42H,1,6-7,10-11,13-17H2,2-4H3,(H,34,40)(H,35,38)/t18-,21-,24+,25-,26-/m1/s1. The average Bonchev–Trinajstić information content (AvgIpc) is 3.79. The fourth-order valence-electron chi connectivity index (χ4n) is 6.51. The van der Waals surface area contributed by atoms with E-state index in [4.69, 9.17) is 14.1 Å². The van der Waals surface area contributed by atoms with E-state index in [1.54, 1.807) is 39.0 Å². The zero-order valence-electron chi connectivity index (χ0n) is 26.0. The van der Waals surface area contributed by atoms with Crippen LogP contribution in [0, 0.1) is 17.2 Å². The van der Waals surface area contributed by atoms with Gasteiger partial charge in [-0.1, -0.05) is 39.0 Å². The summed E-state index contributed by atoms with van der Waals surface area (Å²) in [5.41, 5.74) is 0.342. The minimum absolute atomic E-state index is 0.0235. The minimum atomic E-state index is -1.26. The first-order valence-electron chi connectivity index (χ1n) is 15.6. The molecular formula is C31H42BFN4O8. The van der Waals surface area contributed by atoms with Gasteiger partial charge in [-0.05, 0) is 42.7 Å². The fraction of sp³-hybridized carbons (Fsp3) is 0.613. The van der Waals surface area contributed by atoms with Crippen molar-refractivity contribution in [1.82, 2.24) is 20.4 Å². The molecule has 0 spiro atoms. The summed E-state index contributed by atoms with van der Waals surface area (Å²) in [4.78, 5) is 56.6. The molecule has 45 heavy (non-hydrogen) atoms. The van der Waals surface area contributed by atoms with Crippen molar-refractivity contribution in [3.63, 3.8) is 0 Å². The van der Waals surface area contributed by atoms with E-state index >= 15 is 0 Å². The summed E-state index contributed by atoms with van der Waals surface area (Å²) in [6.45, 7) is 9.39. The van der Waals surface area contributed by atoms with Crippen molar-refractivity contribution < 1.29 is 42.7 Å². The molecule has 1 aliphatic carbocycles. The first-order chi connectivity index (χ1) is 21.3. The normalized spacial score (nSPS) is 25.6. The first kappa shape index (κ1) is 32.7. The van der Waals surface area contributed by atoms with E-state index < -0.39 is 66.5 Å². The molecule has 244 valence electrons. The molecule has 2 saturated heterocycles. The van der Waals surface area contributed by atoms with Gasteiger partial charge in [-0.15, -0.1) is 6.58 Å². The van der Waals surface area contributed by atoms with Crippen molar-refractivity contribution >= 4 is 31.1 Å². The molecular weight excluding hydrogens is 586 g/mol. The highest BCUT2D eigenvalue weighted by Crippen LogP contribution is 2.31. The highest BCUT2D eigenvalue weighted by atomic mass is 19.1. The third kappa shape index (κ3) is 7.27. The number of rotatable bonds is 7. The predicted octanol–water partition coefficient (Wildman–Crippen LogP) is 2.67. The number of halogens is 1. The quantitative estimate of drug-likeness (QED) is 0.309. The summed E-state index contributed by atoms with van der Waals surface area (Å²) in [7, 11) is -1.26. The summed E-state index contributed by atoms with van der Waals surface area (Å²) in [6, 6.07) is 2.52. The Labute approximate surface area is 262 Å². The molecule has 5 atom stereocenters. The van der Waals surface area contributed by atoms with Gasteiger partial charge in [-0.25, -0.2) is 14.0 Å². The van der Waals surface area contributed by atoms with Crippen molar-refractivity contribution in [3.8, 4) is 0 Å². The third-order valence-corrected chi connectivity index (χ3v) is 9.09. The Morgan fingerprint density at radius 3 is 2.56 bits per heavy atom. The number of hydrogen-bond acceptors (Lipinski definition) is 8. The van der Waals surface area contributed by atoms with Crippen LogP contribution in [0.3, 0.4) is 0 Å². The molecule has 0 aromatic heterocycles. The molecule has 12 nitrogen and oxygen atoms in total. The lowest BCUT2D eigenvalue weighted by Gasteiger charge is -2.35. The molecule has 4 aliphatic rings. The van der Waals surface area contributed by atoms with Gasteiger partial charge in [0.2, 0.25) is 11.8 Å². The second kappa shape index (κ2) is 13.4. The molecule has 14 heteroatoms. The van der Waals surface area contributed by atoms with Crippen LogP contribution in [0.5, 0.6) is 0 Å². The molecule has 3 aliphatic heterocycles. The number of likely N-dealkylation sites (tertiary alicyclic amines) is 1. The van der Waals surface area contributed by atoms with Crippen LogP contribution >= 0.6 is 0 Å². The zero-order chi connectivity index (χ0) is 32.5. The van der Waals surface area contributed by atoms with Crippen LogP contribution in [0.1, 0.15) is 64.0 Å². The summed E-state index contributed by atoms with van der Waals surface area (Å²) in [5, 5.41) is 15.8. The average molecular weight is 629 g/mol. The highest BCUT2D eigenvalue weighted by molar-refractivity contribution is 6.46. The number of nitrogens with zero attached hydrogens (tertiary/aromatic N) is 2. The van der Waals surface area contributed by atoms with Crippen molar-refractivity contribution in [2.24, 2.45) is 11.3 Å². The van der Waals surface area contributed by atoms with Gasteiger partial charge in [-0.2, -0.15) is 0 Å². The lowest BCUT2D eigenvalue weighted by molar-refractivity contribution is -0.142. The number of amides is 4. The molecule has 4 amide bonds. The van der Waals surface area contributed by atoms with Gasteiger partial charge in [0.25, 0.3) is 0 Å². The lowest BCUT2D eigenvalue weighted by Crippen LogP contribution is -2.59. The smallest absolute Gasteiger partial charge is 0.446 e. The molecule has 0 radical (unpaired) electrons. The maximum Gasteiger partial charge on any atom is 0.478 e. The number of hydrogen-bond donors (Lipinski definition) is 3. The van der Waals surface area contributed by atoms with E-state index in [2.05, 4.69) is 17.2 Å². The molecule has 0 bridgehead atoms. The Balaban J connectivity index is 1.33. The van der Waals surface area contributed by atoms with E-state index in [1.807, 2.05) is 0 Å². The first-order valence-corrected chi connectivity index (χ1v) is 15.6. The monoisotopic (exact) mass is 628 g/mol. The van der Waals surface area contributed by atoms with Gasteiger partial charge in [0, 0.05) is 31.1 Å². The van der Waals surface area contributed by atoms with Gasteiger partial charge < -0.3 is 34.7 Å². The van der Waals surface area contributed by atoms with Gasteiger partial charge in [0.1, 0.15) is 30.1 Å². The van der Waals surface area contributed by atoms with Crippen LogP contribution in [0.15, 0.2) is 30.9 Å². The van der Waals surface area contributed by atoms with E-state index in [0.29, 0.717) is 11.1 Å². The number of nitrogens with one attached hydrogen (secondary N) is 2.